The minimum atomic E-state index is -0.118. The van der Waals surface area contributed by atoms with Crippen LogP contribution >= 0.6 is 0 Å². The molecule has 0 aliphatic carbocycles. The summed E-state index contributed by atoms with van der Waals surface area (Å²) < 4.78 is 5.43. The summed E-state index contributed by atoms with van der Waals surface area (Å²) in [6.45, 7) is 7.23. The number of amides is 1. The summed E-state index contributed by atoms with van der Waals surface area (Å²) in [6, 6.07) is 18.1. The molecule has 0 radical (unpaired) electrons. The first-order valence-corrected chi connectivity index (χ1v) is 10.7. The standard InChI is InChI=1S/C25H29N3O2/c1-19-10-13-26-24(17-19)28(25(29)23-9-6-16-30-23)22-12-15-27(18-20(22)2)14-11-21-7-4-3-5-8-21/h3-10,13,16-17,20,22H,11-12,14-15,18H2,1-2H3/t20-,22+/m0/s1. The summed E-state index contributed by atoms with van der Waals surface area (Å²) in [5.74, 6) is 1.27. The Labute approximate surface area is 178 Å². The molecular weight excluding hydrogens is 374 g/mol. The van der Waals surface area contributed by atoms with Crippen LogP contribution in [0.15, 0.2) is 71.5 Å². The lowest BCUT2D eigenvalue weighted by molar-refractivity contribution is 0.0905. The van der Waals surface area contributed by atoms with Gasteiger partial charge in [-0.25, -0.2) is 4.98 Å². The Balaban J connectivity index is 1.49. The van der Waals surface area contributed by atoms with Crippen molar-refractivity contribution in [2.45, 2.75) is 32.7 Å². The summed E-state index contributed by atoms with van der Waals surface area (Å²) in [4.78, 5) is 22.2. The van der Waals surface area contributed by atoms with Crippen LogP contribution in [0.5, 0.6) is 0 Å². The lowest BCUT2D eigenvalue weighted by atomic mass is 9.91. The molecule has 3 heterocycles. The molecular formula is C25H29N3O2. The smallest absolute Gasteiger partial charge is 0.295 e. The highest BCUT2D eigenvalue weighted by atomic mass is 16.3. The predicted molar refractivity (Wildman–Crippen MR) is 119 cm³/mol. The molecule has 0 saturated carbocycles. The van der Waals surface area contributed by atoms with E-state index in [2.05, 4.69) is 47.1 Å². The van der Waals surface area contributed by atoms with Gasteiger partial charge in [-0.3, -0.25) is 9.69 Å². The van der Waals surface area contributed by atoms with Crippen LogP contribution in [-0.2, 0) is 6.42 Å². The van der Waals surface area contributed by atoms with Crippen molar-refractivity contribution < 1.29 is 9.21 Å². The Kier molecular flexibility index (Phi) is 6.29. The van der Waals surface area contributed by atoms with Crippen molar-refractivity contribution in [2.75, 3.05) is 24.5 Å². The van der Waals surface area contributed by atoms with Crippen molar-refractivity contribution in [3.63, 3.8) is 0 Å². The van der Waals surface area contributed by atoms with Crippen LogP contribution in [0.25, 0.3) is 0 Å². The summed E-state index contributed by atoms with van der Waals surface area (Å²) in [7, 11) is 0. The van der Waals surface area contributed by atoms with Gasteiger partial charge in [0, 0.05) is 31.9 Å². The van der Waals surface area contributed by atoms with E-state index in [4.69, 9.17) is 4.42 Å². The van der Waals surface area contributed by atoms with Crippen LogP contribution in [0.4, 0.5) is 5.82 Å². The van der Waals surface area contributed by atoms with E-state index in [1.807, 2.05) is 24.0 Å². The van der Waals surface area contributed by atoms with Crippen molar-refractivity contribution in [1.82, 2.24) is 9.88 Å². The molecule has 0 spiro atoms. The number of hydrogen-bond donors (Lipinski definition) is 0. The van der Waals surface area contributed by atoms with Gasteiger partial charge in [0.05, 0.1) is 6.26 Å². The average molecular weight is 404 g/mol. The lowest BCUT2D eigenvalue weighted by Crippen LogP contribution is -2.53. The van der Waals surface area contributed by atoms with Crippen LogP contribution in [0.3, 0.4) is 0 Å². The monoisotopic (exact) mass is 403 g/mol. The number of pyridine rings is 1. The minimum Gasteiger partial charge on any atom is -0.459 e. The quantitative estimate of drug-likeness (QED) is 0.604. The molecule has 5 heteroatoms. The highest BCUT2D eigenvalue weighted by molar-refractivity contribution is 6.04. The fourth-order valence-corrected chi connectivity index (χ4v) is 4.33. The Morgan fingerprint density at radius 1 is 1.20 bits per heavy atom. The molecule has 1 aromatic carbocycles. The second-order valence-corrected chi connectivity index (χ2v) is 8.21. The first-order chi connectivity index (χ1) is 14.6. The highest BCUT2D eigenvalue weighted by Gasteiger charge is 2.36. The number of hydrogen-bond acceptors (Lipinski definition) is 4. The van der Waals surface area contributed by atoms with E-state index < -0.39 is 0 Å². The van der Waals surface area contributed by atoms with E-state index in [9.17, 15) is 4.79 Å². The molecule has 2 aromatic heterocycles. The minimum absolute atomic E-state index is 0.0878. The fourth-order valence-electron chi connectivity index (χ4n) is 4.33. The number of nitrogens with zero attached hydrogens (tertiary/aromatic N) is 3. The van der Waals surface area contributed by atoms with Gasteiger partial charge in [0.25, 0.3) is 5.91 Å². The van der Waals surface area contributed by atoms with E-state index in [0.29, 0.717) is 17.5 Å². The van der Waals surface area contributed by atoms with E-state index >= 15 is 0 Å². The first kappa shape index (κ1) is 20.4. The number of aromatic nitrogens is 1. The van der Waals surface area contributed by atoms with Gasteiger partial charge in [-0.1, -0.05) is 37.3 Å². The molecule has 2 atom stereocenters. The first-order valence-electron chi connectivity index (χ1n) is 10.7. The molecule has 156 valence electrons. The molecule has 1 fully saturated rings. The van der Waals surface area contributed by atoms with Crippen LogP contribution in [0.1, 0.15) is 35.0 Å². The maximum Gasteiger partial charge on any atom is 0.295 e. The maximum absolute atomic E-state index is 13.3. The predicted octanol–water partition coefficient (Wildman–Crippen LogP) is 4.58. The molecule has 4 rings (SSSR count). The Morgan fingerprint density at radius 3 is 2.73 bits per heavy atom. The van der Waals surface area contributed by atoms with Crippen LogP contribution < -0.4 is 4.90 Å². The van der Waals surface area contributed by atoms with E-state index in [1.165, 1.54) is 5.56 Å². The SMILES string of the molecule is Cc1ccnc(N(C(=O)c2ccco2)[C@@H]2CCN(CCc3ccccc3)C[C@@H]2C)c1. The van der Waals surface area contributed by atoms with Crippen molar-refractivity contribution in [2.24, 2.45) is 5.92 Å². The summed E-state index contributed by atoms with van der Waals surface area (Å²) in [6.07, 6.45) is 5.28. The summed E-state index contributed by atoms with van der Waals surface area (Å²) in [5, 5.41) is 0. The van der Waals surface area contributed by atoms with Gasteiger partial charge >= 0.3 is 0 Å². The average Bonchev–Trinajstić information content (AvgIpc) is 3.30. The van der Waals surface area contributed by atoms with Gasteiger partial charge < -0.3 is 9.32 Å². The molecule has 30 heavy (non-hydrogen) atoms. The van der Waals surface area contributed by atoms with Crippen molar-refractivity contribution in [3.05, 3.63) is 83.9 Å². The molecule has 1 saturated heterocycles. The summed E-state index contributed by atoms with van der Waals surface area (Å²) >= 11 is 0. The molecule has 0 bridgehead atoms. The third-order valence-electron chi connectivity index (χ3n) is 5.93. The number of carbonyl (C=O) groups excluding carboxylic acids is 1. The van der Waals surface area contributed by atoms with E-state index in [1.54, 1.807) is 24.6 Å². The Bertz CT molecular complexity index is 956. The van der Waals surface area contributed by atoms with Crippen LogP contribution in [0, 0.1) is 12.8 Å². The lowest BCUT2D eigenvalue weighted by Gasteiger charge is -2.42. The van der Waals surface area contributed by atoms with Gasteiger partial charge in [0.15, 0.2) is 5.76 Å². The summed E-state index contributed by atoms with van der Waals surface area (Å²) in [5.41, 5.74) is 2.45. The number of carbonyl (C=O) groups is 1. The van der Waals surface area contributed by atoms with Gasteiger partial charge in [-0.05, 0) is 61.1 Å². The molecule has 0 N–H and O–H groups in total. The normalized spacial score (nSPS) is 19.5. The van der Waals surface area contributed by atoms with Crippen LogP contribution in [0.2, 0.25) is 0 Å². The number of aryl methyl sites for hydroxylation is 1. The number of likely N-dealkylation sites (tertiary alicyclic amines) is 1. The highest BCUT2D eigenvalue weighted by Crippen LogP contribution is 2.28. The fraction of sp³-hybridized carbons (Fsp3) is 0.360. The Morgan fingerprint density at radius 2 is 2.03 bits per heavy atom. The van der Waals surface area contributed by atoms with Gasteiger partial charge in [0.1, 0.15) is 5.82 Å². The van der Waals surface area contributed by atoms with Gasteiger partial charge in [0.2, 0.25) is 0 Å². The second-order valence-electron chi connectivity index (χ2n) is 8.21. The van der Waals surface area contributed by atoms with Crippen LogP contribution in [-0.4, -0.2) is 41.5 Å². The van der Waals surface area contributed by atoms with E-state index in [0.717, 1.165) is 38.0 Å². The number of piperidine rings is 1. The number of anilines is 1. The third-order valence-corrected chi connectivity index (χ3v) is 5.93. The molecule has 1 aliphatic heterocycles. The number of benzene rings is 1. The van der Waals surface area contributed by atoms with E-state index in [-0.39, 0.29) is 11.9 Å². The molecule has 1 aliphatic rings. The third kappa shape index (κ3) is 4.62. The second kappa shape index (κ2) is 9.26. The molecule has 0 unspecified atom stereocenters. The largest absolute Gasteiger partial charge is 0.459 e. The van der Waals surface area contributed by atoms with Crippen molar-refractivity contribution in [1.29, 1.82) is 0 Å². The number of furan rings is 1. The molecule has 5 nitrogen and oxygen atoms in total. The zero-order valence-corrected chi connectivity index (χ0v) is 17.7. The topological polar surface area (TPSA) is 49.6 Å². The molecule has 3 aromatic rings. The maximum atomic E-state index is 13.3. The zero-order valence-electron chi connectivity index (χ0n) is 17.7. The van der Waals surface area contributed by atoms with Gasteiger partial charge in [-0.15, -0.1) is 0 Å². The number of rotatable bonds is 6. The Hall–Kier alpha value is -2.92. The zero-order chi connectivity index (χ0) is 20.9. The van der Waals surface area contributed by atoms with Crippen molar-refractivity contribution in [3.8, 4) is 0 Å². The molecule has 1 amide bonds. The van der Waals surface area contributed by atoms with Crippen molar-refractivity contribution >= 4 is 11.7 Å². The van der Waals surface area contributed by atoms with Gasteiger partial charge in [-0.2, -0.15) is 0 Å².